The Balaban J connectivity index is 2.43. The van der Waals surface area contributed by atoms with Gasteiger partial charge in [-0.15, -0.1) is 0 Å². The minimum Gasteiger partial charge on any atom is -0.399 e. The third kappa shape index (κ3) is 1.46. The lowest BCUT2D eigenvalue weighted by Gasteiger charge is -2.42. The molecular formula is C10H11F3N2. The number of hydrogen-bond donors (Lipinski definition) is 1. The van der Waals surface area contributed by atoms with Gasteiger partial charge in [0.15, 0.2) is 0 Å². The van der Waals surface area contributed by atoms with Crippen LogP contribution in [-0.2, 0) is 5.41 Å². The summed E-state index contributed by atoms with van der Waals surface area (Å²) in [5, 5.41) is 0. The lowest BCUT2D eigenvalue weighted by molar-refractivity contribution is -0.214. The summed E-state index contributed by atoms with van der Waals surface area (Å²) < 4.78 is 38.7. The van der Waals surface area contributed by atoms with E-state index in [2.05, 4.69) is 4.98 Å². The lowest BCUT2D eigenvalue weighted by Crippen LogP contribution is -2.48. The molecule has 1 saturated carbocycles. The first-order valence-electron chi connectivity index (χ1n) is 4.74. The second-order valence-electron chi connectivity index (χ2n) is 3.91. The molecule has 0 bridgehead atoms. The monoisotopic (exact) mass is 216 g/mol. The first-order valence-corrected chi connectivity index (χ1v) is 4.74. The van der Waals surface area contributed by atoms with Crippen LogP contribution in [0.15, 0.2) is 18.3 Å². The number of halogens is 3. The molecule has 1 aromatic heterocycles. The van der Waals surface area contributed by atoms with Gasteiger partial charge in [0.05, 0.1) is 5.69 Å². The van der Waals surface area contributed by atoms with E-state index in [-0.39, 0.29) is 18.5 Å². The molecule has 1 heterocycles. The molecule has 0 aliphatic heterocycles. The number of aromatic nitrogens is 1. The second-order valence-corrected chi connectivity index (χ2v) is 3.91. The fraction of sp³-hybridized carbons (Fsp3) is 0.500. The summed E-state index contributed by atoms with van der Waals surface area (Å²) >= 11 is 0. The van der Waals surface area contributed by atoms with Gasteiger partial charge in [-0.2, -0.15) is 13.2 Å². The van der Waals surface area contributed by atoms with E-state index in [1.807, 2.05) is 0 Å². The van der Waals surface area contributed by atoms with Crippen molar-refractivity contribution in [1.29, 1.82) is 0 Å². The van der Waals surface area contributed by atoms with Crippen molar-refractivity contribution >= 4 is 5.69 Å². The van der Waals surface area contributed by atoms with Gasteiger partial charge in [-0.05, 0) is 25.0 Å². The molecule has 1 aliphatic carbocycles. The van der Waals surface area contributed by atoms with Gasteiger partial charge in [0, 0.05) is 11.9 Å². The summed E-state index contributed by atoms with van der Waals surface area (Å²) in [5.74, 6) is 0. The highest BCUT2D eigenvalue weighted by atomic mass is 19.4. The Kier molecular flexibility index (Phi) is 2.13. The van der Waals surface area contributed by atoms with Crippen LogP contribution in [0.3, 0.4) is 0 Å². The second kappa shape index (κ2) is 3.12. The van der Waals surface area contributed by atoms with E-state index in [0.29, 0.717) is 12.1 Å². The van der Waals surface area contributed by atoms with E-state index < -0.39 is 11.6 Å². The summed E-state index contributed by atoms with van der Waals surface area (Å²) in [6.45, 7) is 0. The molecule has 1 fully saturated rings. The number of alkyl halides is 3. The SMILES string of the molecule is Nc1ccnc(C2(C(F)(F)F)CCC2)c1. The normalized spacial score (nSPS) is 19.7. The van der Waals surface area contributed by atoms with Crippen LogP contribution in [0.25, 0.3) is 0 Å². The van der Waals surface area contributed by atoms with Crippen LogP contribution in [0.5, 0.6) is 0 Å². The number of nitrogens with two attached hydrogens (primary N) is 1. The van der Waals surface area contributed by atoms with E-state index in [0.717, 1.165) is 0 Å². The largest absolute Gasteiger partial charge is 0.399 e. The third-order valence-corrected chi connectivity index (χ3v) is 3.02. The minimum atomic E-state index is -4.23. The minimum absolute atomic E-state index is 0.0567. The first-order chi connectivity index (χ1) is 6.96. The predicted octanol–water partition coefficient (Wildman–Crippen LogP) is 2.65. The molecule has 0 unspecified atom stereocenters. The van der Waals surface area contributed by atoms with Crippen LogP contribution in [0.1, 0.15) is 25.0 Å². The maximum atomic E-state index is 12.9. The summed E-state index contributed by atoms with van der Waals surface area (Å²) in [6.07, 6.45) is -2.07. The van der Waals surface area contributed by atoms with Gasteiger partial charge in [-0.25, -0.2) is 0 Å². The van der Waals surface area contributed by atoms with Crippen LogP contribution in [0.4, 0.5) is 18.9 Å². The first kappa shape index (κ1) is 10.3. The number of nitrogens with zero attached hydrogens (tertiary/aromatic N) is 1. The summed E-state index contributed by atoms with van der Waals surface area (Å²) in [5.41, 5.74) is 4.11. The number of pyridine rings is 1. The number of hydrogen-bond acceptors (Lipinski definition) is 2. The average molecular weight is 216 g/mol. The fourth-order valence-corrected chi connectivity index (χ4v) is 1.92. The van der Waals surface area contributed by atoms with Gasteiger partial charge in [0.2, 0.25) is 0 Å². The maximum Gasteiger partial charge on any atom is 0.399 e. The topological polar surface area (TPSA) is 38.9 Å². The fourth-order valence-electron chi connectivity index (χ4n) is 1.92. The zero-order chi connectivity index (χ0) is 11.1. The van der Waals surface area contributed by atoms with Crippen LogP contribution < -0.4 is 5.73 Å². The number of rotatable bonds is 1. The Hall–Kier alpha value is -1.26. The number of nitrogen functional groups attached to an aromatic ring is 1. The molecule has 1 aliphatic rings. The Labute approximate surface area is 85.3 Å². The smallest absolute Gasteiger partial charge is 0.399 e. The van der Waals surface area contributed by atoms with Crippen molar-refractivity contribution in [1.82, 2.24) is 4.98 Å². The Morgan fingerprint density at radius 2 is 2.00 bits per heavy atom. The number of anilines is 1. The molecule has 1 aromatic rings. The summed E-state index contributed by atoms with van der Waals surface area (Å²) in [4.78, 5) is 3.80. The van der Waals surface area contributed by atoms with Gasteiger partial charge >= 0.3 is 6.18 Å². The van der Waals surface area contributed by atoms with Gasteiger partial charge in [-0.1, -0.05) is 6.42 Å². The molecule has 15 heavy (non-hydrogen) atoms. The van der Waals surface area contributed by atoms with Crippen molar-refractivity contribution in [3.05, 3.63) is 24.0 Å². The molecule has 0 amide bonds. The van der Waals surface area contributed by atoms with Crippen molar-refractivity contribution in [3.63, 3.8) is 0 Å². The molecule has 0 atom stereocenters. The van der Waals surface area contributed by atoms with E-state index in [4.69, 9.17) is 5.73 Å². The zero-order valence-corrected chi connectivity index (χ0v) is 8.01. The van der Waals surface area contributed by atoms with Crippen molar-refractivity contribution in [2.24, 2.45) is 0 Å². The van der Waals surface area contributed by atoms with Crippen molar-refractivity contribution < 1.29 is 13.2 Å². The molecule has 0 aromatic carbocycles. The Bertz CT molecular complexity index is 369. The maximum absolute atomic E-state index is 12.9. The third-order valence-electron chi connectivity index (χ3n) is 3.02. The van der Waals surface area contributed by atoms with Crippen LogP contribution in [-0.4, -0.2) is 11.2 Å². The van der Waals surface area contributed by atoms with Crippen molar-refractivity contribution in [3.8, 4) is 0 Å². The predicted molar refractivity (Wildman–Crippen MR) is 50.2 cm³/mol. The molecule has 2 nitrogen and oxygen atoms in total. The Morgan fingerprint density at radius 3 is 2.40 bits per heavy atom. The molecule has 0 radical (unpaired) electrons. The highest BCUT2D eigenvalue weighted by Gasteiger charge is 2.60. The van der Waals surface area contributed by atoms with Gasteiger partial charge in [0.25, 0.3) is 0 Å². The van der Waals surface area contributed by atoms with Crippen molar-refractivity contribution in [2.45, 2.75) is 30.9 Å². The van der Waals surface area contributed by atoms with Gasteiger partial charge < -0.3 is 5.73 Å². The van der Waals surface area contributed by atoms with E-state index in [1.165, 1.54) is 18.3 Å². The van der Waals surface area contributed by atoms with Gasteiger partial charge in [-0.3, -0.25) is 4.98 Å². The molecule has 2 N–H and O–H groups in total. The zero-order valence-electron chi connectivity index (χ0n) is 8.01. The Morgan fingerprint density at radius 1 is 1.33 bits per heavy atom. The quantitative estimate of drug-likeness (QED) is 0.783. The molecule has 2 rings (SSSR count). The van der Waals surface area contributed by atoms with Crippen LogP contribution >= 0.6 is 0 Å². The van der Waals surface area contributed by atoms with Gasteiger partial charge in [0.1, 0.15) is 5.41 Å². The van der Waals surface area contributed by atoms with Crippen LogP contribution in [0, 0.1) is 0 Å². The molecule has 0 spiro atoms. The molecule has 82 valence electrons. The van der Waals surface area contributed by atoms with E-state index >= 15 is 0 Å². The molecule has 0 saturated heterocycles. The highest BCUT2D eigenvalue weighted by Crippen LogP contribution is 2.54. The lowest BCUT2D eigenvalue weighted by atomic mass is 9.66. The molecular weight excluding hydrogens is 205 g/mol. The highest BCUT2D eigenvalue weighted by molar-refractivity contribution is 5.40. The summed E-state index contributed by atoms with van der Waals surface area (Å²) in [7, 11) is 0. The van der Waals surface area contributed by atoms with Crippen molar-refractivity contribution in [2.75, 3.05) is 5.73 Å². The average Bonchev–Trinajstić information content (AvgIpc) is 1.98. The van der Waals surface area contributed by atoms with Crippen LogP contribution in [0.2, 0.25) is 0 Å². The van der Waals surface area contributed by atoms with E-state index in [1.54, 1.807) is 0 Å². The van der Waals surface area contributed by atoms with E-state index in [9.17, 15) is 13.2 Å². The standard InChI is InChI=1S/C10H11F3N2/c11-10(12,13)9(3-1-4-9)8-6-7(14)2-5-15-8/h2,5-6H,1,3-4H2,(H2,14,15). The molecule has 5 heteroatoms. The summed E-state index contributed by atoms with van der Waals surface area (Å²) in [6, 6.07) is 2.82.